The number of hydrogen-bond acceptors (Lipinski definition) is 5. The number of carboxylic acids is 1. The number of pyridine rings is 1. The van der Waals surface area contributed by atoms with Crippen LogP contribution in [0.4, 0.5) is 10.5 Å². The molecule has 0 unspecified atom stereocenters. The number of nitrogens with one attached hydrogen (secondary N) is 2. The summed E-state index contributed by atoms with van der Waals surface area (Å²) >= 11 is 0. The number of H-pyrrole nitrogens is 1. The molecule has 0 aliphatic heterocycles. The van der Waals surface area contributed by atoms with Crippen molar-refractivity contribution >= 4 is 17.7 Å². The number of amides is 2. The summed E-state index contributed by atoms with van der Waals surface area (Å²) in [4.78, 5) is 31.9. The lowest BCUT2D eigenvalue weighted by molar-refractivity contribution is 0.0691. The standard InChI is InChI=1S/C11H12N6O3/c1-17(5-8-13-6-14-16-8)11(20)15-7-3-2-4-12-9(7)10(18)19/h2-4,6H,5H2,1H3,(H,15,20)(H,18,19)(H,13,14,16). The first-order valence-electron chi connectivity index (χ1n) is 5.62. The number of rotatable bonds is 4. The van der Waals surface area contributed by atoms with Gasteiger partial charge in [0, 0.05) is 13.2 Å². The molecule has 0 spiro atoms. The van der Waals surface area contributed by atoms with Gasteiger partial charge in [0.05, 0.1) is 12.2 Å². The second kappa shape index (κ2) is 5.78. The van der Waals surface area contributed by atoms with Crippen LogP contribution in [0, 0.1) is 0 Å². The van der Waals surface area contributed by atoms with Crippen LogP contribution in [-0.2, 0) is 6.54 Å². The molecule has 2 heterocycles. The van der Waals surface area contributed by atoms with Crippen molar-refractivity contribution in [3.63, 3.8) is 0 Å². The van der Waals surface area contributed by atoms with Gasteiger partial charge in [-0.1, -0.05) is 0 Å². The molecule has 2 rings (SSSR count). The maximum atomic E-state index is 11.9. The van der Waals surface area contributed by atoms with E-state index in [0.29, 0.717) is 5.82 Å². The van der Waals surface area contributed by atoms with Crippen LogP contribution in [0.25, 0.3) is 0 Å². The van der Waals surface area contributed by atoms with Gasteiger partial charge in [0.2, 0.25) is 0 Å². The molecule has 0 bridgehead atoms. The highest BCUT2D eigenvalue weighted by atomic mass is 16.4. The Kier molecular flexibility index (Phi) is 3.89. The molecular weight excluding hydrogens is 264 g/mol. The SMILES string of the molecule is CN(Cc1ncn[nH]1)C(=O)Nc1cccnc1C(=O)O. The van der Waals surface area contributed by atoms with Crippen molar-refractivity contribution in [1.29, 1.82) is 0 Å². The molecule has 2 aromatic rings. The second-order valence-corrected chi connectivity index (χ2v) is 3.92. The van der Waals surface area contributed by atoms with Crippen LogP contribution in [0.1, 0.15) is 16.3 Å². The summed E-state index contributed by atoms with van der Waals surface area (Å²) in [5.41, 5.74) is -0.0802. The van der Waals surface area contributed by atoms with Gasteiger partial charge in [-0.05, 0) is 12.1 Å². The Morgan fingerprint density at radius 2 is 2.25 bits per heavy atom. The van der Waals surface area contributed by atoms with Gasteiger partial charge in [-0.2, -0.15) is 5.10 Å². The fourth-order valence-electron chi connectivity index (χ4n) is 1.49. The molecule has 0 fully saturated rings. The van der Waals surface area contributed by atoms with Gasteiger partial charge in [-0.25, -0.2) is 19.6 Å². The van der Waals surface area contributed by atoms with Crippen LogP contribution >= 0.6 is 0 Å². The Bertz CT molecular complexity index is 612. The van der Waals surface area contributed by atoms with Crippen molar-refractivity contribution in [2.75, 3.05) is 12.4 Å². The van der Waals surface area contributed by atoms with Gasteiger partial charge < -0.3 is 15.3 Å². The van der Waals surface area contributed by atoms with Crippen LogP contribution < -0.4 is 5.32 Å². The third-order valence-corrected chi connectivity index (χ3v) is 2.45. The highest BCUT2D eigenvalue weighted by Crippen LogP contribution is 2.12. The zero-order chi connectivity index (χ0) is 14.5. The molecule has 9 heteroatoms. The average molecular weight is 276 g/mol. The Morgan fingerprint density at radius 1 is 1.45 bits per heavy atom. The van der Waals surface area contributed by atoms with Crippen LogP contribution in [0.5, 0.6) is 0 Å². The minimum Gasteiger partial charge on any atom is -0.476 e. The smallest absolute Gasteiger partial charge is 0.356 e. The van der Waals surface area contributed by atoms with E-state index in [9.17, 15) is 9.59 Å². The first kappa shape index (κ1) is 13.5. The minimum atomic E-state index is -1.21. The van der Waals surface area contributed by atoms with E-state index < -0.39 is 12.0 Å². The lowest BCUT2D eigenvalue weighted by atomic mass is 10.3. The van der Waals surface area contributed by atoms with Crippen molar-refractivity contribution in [2.45, 2.75) is 6.54 Å². The predicted molar refractivity (Wildman–Crippen MR) is 68.1 cm³/mol. The highest BCUT2D eigenvalue weighted by molar-refractivity contribution is 5.98. The van der Waals surface area contributed by atoms with Crippen LogP contribution in [-0.4, -0.2) is 49.2 Å². The number of carbonyl (C=O) groups is 2. The molecule has 3 N–H and O–H groups in total. The van der Waals surface area contributed by atoms with Gasteiger partial charge >= 0.3 is 12.0 Å². The van der Waals surface area contributed by atoms with Gasteiger partial charge in [0.25, 0.3) is 0 Å². The molecule has 9 nitrogen and oxygen atoms in total. The number of aromatic amines is 1. The number of aromatic carboxylic acids is 1. The van der Waals surface area contributed by atoms with Crippen molar-refractivity contribution in [2.24, 2.45) is 0 Å². The van der Waals surface area contributed by atoms with Crippen LogP contribution in [0.3, 0.4) is 0 Å². The third-order valence-electron chi connectivity index (χ3n) is 2.45. The molecule has 0 saturated heterocycles. The number of anilines is 1. The van der Waals surface area contributed by atoms with E-state index in [-0.39, 0.29) is 17.9 Å². The zero-order valence-corrected chi connectivity index (χ0v) is 10.6. The Labute approximate surface area is 113 Å². The van der Waals surface area contributed by atoms with Gasteiger partial charge in [-0.3, -0.25) is 5.10 Å². The van der Waals surface area contributed by atoms with E-state index >= 15 is 0 Å². The van der Waals surface area contributed by atoms with E-state index in [1.54, 1.807) is 13.1 Å². The van der Waals surface area contributed by atoms with E-state index in [0.717, 1.165) is 0 Å². The lowest BCUT2D eigenvalue weighted by Crippen LogP contribution is -2.31. The molecule has 0 aromatic carbocycles. The first-order chi connectivity index (χ1) is 9.58. The summed E-state index contributed by atoms with van der Waals surface area (Å²) in [5, 5.41) is 17.8. The number of carboxylic acid groups (broad SMARTS) is 1. The van der Waals surface area contributed by atoms with Gasteiger partial charge in [0.15, 0.2) is 5.69 Å². The van der Waals surface area contributed by atoms with Gasteiger partial charge in [-0.15, -0.1) is 0 Å². The minimum absolute atomic E-state index is 0.134. The second-order valence-electron chi connectivity index (χ2n) is 3.92. The predicted octanol–water partition coefficient (Wildman–Crippen LogP) is 0.562. The largest absolute Gasteiger partial charge is 0.476 e. The van der Waals surface area contributed by atoms with Crippen molar-refractivity contribution < 1.29 is 14.7 Å². The zero-order valence-electron chi connectivity index (χ0n) is 10.6. The fourth-order valence-corrected chi connectivity index (χ4v) is 1.49. The van der Waals surface area contributed by atoms with E-state index in [2.05, 4.69) is 25.5 Å². The topological polar surface area (TPSA) is 124 Å². The van der Waals surface area contributed by atoms with Crippen molar-refractivity contribution in [1.82, 2.24) is 25.1 Å². The van der Waals surface area contributed by atoms with Crippen molar-refractivity contribution in [3.05, 3.63) is 36.2 Å². The molecule has 20 heavy (non-hydrogen) atoms. The monoisotopic (exact) mass is 276 g/mol. The average Bonchev–Trinajstić information content (AvgIpc) is 2.91. The molecule has 0 aliphatic rings. The van der Waals surface area contributed by atoms with E-state index in [4.69, 9.17) is 5.11 Å². The summed E-state index contributed by atoms with van der Waals surface area (Å²) in [6.45, 7) is 0.217. The quantitative estimate of drug-likeness (QED) is 0.749. The van der Waals surface area contributed by atoms with Crippen LogP contribution in [0.15, 0.2) is 24.7 Å². The number of hydrogen-bond donors (Lipinski definition) is 3. The highest BCUT2D eigenvalue weighted by Gasteiger charge is 2.16. The first-order valence-corrected chi connectivity index (χ1v) is 5.62. The number of aromatic nitrogens is 4. The van der Waals surface area contributed by atoms with Gasteiger partial charge in [0.1, 0.15) is 12.2 Å². The molecule has 0 radical (unpaired) electrons. The van der Waals surface area contributed by atoms with E-state index in [1.807, 2.05) is 0 Å². The molecule has 0 atom stereocenters. The molecule has 104 valence electrons. The molecule has 2 amide bonds. The summed E-state index contributed by atoms with van der Waals surface area (Å²) in [5.74, 6) is -0.689. The third kappa shape index (κ3) is 3.07. The normalized spacial score (nSPS) is 10.1. The van der Waals surface area contributed by atoms with Crippen LogP contribution in [0.2, 0.25) is 0 Å². The Balaban J connectivity index is 2.06. The molecular formula is C11H12N6O3. The molecule has 0 saturated carbocycles. The maximum Gasteiger partial charge on any atom is 0.356 e. The fraction of sp³-hybridized carbons (Fsp3) is 0.182. The Hall–Kier alpha value is -2.97. The summed E-state index contributed by atoms with van der Waals surface area (Å²) < 4.78 is 0. The summed E-state index contributed by atoms with van der Waals surface area (Å²) in [7, 11) is 1.55. The molecule has 2 aromatic heterocycles. The number of urea groups is 1. The van der Waals surface area contributed by atoms with E-state index in [1.165, 1.54) is 23.5 Å². The Morgan fingerprint density at radius 3 is 2.90 bits per heavy atom. The summed E-state index contributed by atoms with van der Waals surface area (Å²) in [6, 6.07) is 2.53. The lowest BCUT2D eigenvalue weighted by Gasteiger charge is -2.17. The number of nitrogens with zero attached hydrogens (tertiary/aromatic N) is 4. The van der Waals surface area contributed by atoms with Crippen molar-refractivity contribution in [3.8, 4) is 0 Å². The molecule has 0 aliphatic carbocycles. The summed E-state index contributed by atoms with van der Waals surface area (Å²) in [6.07, 6.45) is 2.68. The number of carbonyl (C=O) groups excluding carboxylic acids is 1. The maximum absolute atomic E-state index is 11.9.